The maximum absolute atomic E-state index is 14.7. The van der Waals surface area contributed by atoms with Crippen LogP contribution in [-0.2, 0) is 16.1 Å². The van der Waals surface area contributed by atoms with E-state index in [1.807, 2.05) is 23.6 Å². The Morgan fingerprint density at radius 3 is 2.76 bits per heavy atom. The first kappa shape index (κ1) is 21.3. The number of halogens is 2. The highest BCUT2D eigenvalue weighted by Crippen LogP contribution is 2.40. The SMILES string of the molecule is CC(C(=O)NNC=O)c1cc(F)c(CN2CCCC(c3ccccc3)S2)cc1F. The Labute approximate surface area is 173 Å². The van der Waals surface area contributed by atoms with Gasteiger partial charge >= 0.3 is 0 Å². The van der Waals surface area contributed by atoms with Crippen molar-refractivity contribution in [3.8, 4) is 0 Å². The largest absolute Gasteiger partial charge is 0.277 e. The van der Waals surface area contributed by atoms with Crippen LogP contribution in [0.25, 0.3) is 0 Å². The van der Waals surface area contributed by atoms with Crippen LogP contribution in [0.2, 0.25) is 0 Å². The van der Waals surface area contributed by atoms with Gasteiger partial charge in [0.15, 0.2) is 0 Å². The number of hydrazine groups is 1. The molecule has 1 heterocycles. The first-order chi connectivity index (χ1) is 14.0. The van der Waals surface area contributed by atoms with Crippen LogP contribution in [0.3, 0.4) is 0 Å². The summed E-state index contributed by atoms with van der Waals surface area (Å²) >= 11 is 1.66. The molecule has 0 bridgehead atoms. The van der Waals surface area contributed by atoms with Gasteiger partial charge in [0.25, 0.3) is 0 Å². The predicted molar refractivity (Wildman–Crippen MR) is 109 cm³/mol. The van der Waals surface area contributed by atoms with Gasteiger partial charge in [-0.25, -0.2) is 13.1 Å². The van der Waals surface area contributed by atoms with Crippen molar-refractivity contribution >= 4 is 24.3 Å². The van der Waals surface area contributed by atoms with Crippen molar-refractivity contribution in [2.75, 3.05) is 6.54 Å². The third-order valence-electron chi connectivity index (χ3n) is 4.95. The van der Waals surface area contributed by atoms with Crippen molar-refractivity contribution in [1.29, 1.82) is 0 Å². The lowest BCUT2D eigenvalue weighted by molar-refractivity contribution is -0.125. The van der Waals surface area contributed by atoms with Gasteiger partial charge in [-0.1, -0.05) is 42.3 Å². The molecule has 2 aromatic rings. The summed E-state index contributed by atoms with van der Waals surface area (Å²) in [4.78, 5) is 22.2. The molecule has 2 N–H and O–H groups in total. The number of benzene rings is 2. The molecule has 5 nitrogen and oxygen atoms in total. The summed E-state index contributed by atoms with van der Waals surface area (Å²) in [5.41, 5.74) is 5.56. The van der Waals surface area contributed by atoms with Gasteiger partial charge in [0.2, 0.25) is 12.3 Å². The maximum Gasteiger partial charge on any atom is 0.245 e. The molecule has 0 aliphatic carbocycles. The van der Waals surface area contributed by atoms with E-state index in [1.54, 1.807) is 11.9 Å². The van der Waals surface area contributed by atoms with Crippen LogP contribution in [-0.4, -0.2) is 23.2 Å². The Hall–Kier alpha value is -2.45. The van der Waals surface area contributed by atoms with Gasteiger partial charge in [-0.15, -0.1) is 0 Å². The fourth-order valence-electron chi connectivity index (χ4n) is 3.35. The fraction of sp³-hybridized carbons (Fsp3) is 0.333. The molecule has 8 heteroatoms. The molecule has 1 saturated heterocycles. The quantitative estimate of drug-likeness (QED) is 0.407. The number of nitrogens with one attached hydrogen (secondary N) is 2. The molecule has 0 radical (unpaired) electrons. The monoisotopic (exact) mass is 419 g/mol. The average molecular weight is 419 g/mol. The molecule has 2 aromatic carbocycles. The number of hydrogen-bond donors (Lipinski definition) is 2. The van der Waals surface area contributed by atoms with E-state index in [0.717, 1.165) is 31.5 Å². The van der Waals surface area contributed by atoms with Gasteiger partial charge < -0.3 is 0 Å². The molecule has 2 unspecified atom stereocenters. The average Bonchev–Trinajstić information content (AvgIpc) is 2.74. The Morgan fingerprint density at radius 1 is 1.28 bits per heavy atom. The molecule has 3 rings (SSSR count). The highest BCUT2D eigenvalue weighted by Gasteiger charge is 2.25. The van der Waals surface area contributed by atoms with E-state index in [2.05, 4.69) is 21.9 Å². The van der Waals surface area contributed by atoms with E-state index in [-0.39, 0.29) is 17.7 Å². The molecular formula is C21H23F2N3O2S. The standard InChI is InChI=1S/C21H23F2N3O2S/c1-14(21(28)25-24-13-27)17-11-18(22)16(10-19(17)23)12-26-9-5-8-20(29-26)15-6-3-2-4-7-15/h2-4,6-7,10-11,13-14,20H,5,8-9,12H2,1H3,(H,24,27)(H,25,28). The zero-order valence-corrected chi connectivity index (χ0v) is 16.8. The zero-order valence-electron chi connectivity index (χ0n) is 16.0. The zero-order chi connectivity index (χ0) is 20.8. The highest BCUT2D eigenvalue weighted by molar-refractivity contribution is 7.97. The third-order valence-corrected chi connectivity index (χ3v) is 6.32. The van der Waals surface area contributed by atoms with Crippen LogP contribution in [0.4, 0.5) is 8.78 Å². The number of rotatable bonds is 7. The fourth-order valence-corrected chi connectivity index (χ4v) is 4.71. The topological polar surface area (TPSA) is 61.4 Å². The third kappa shape index (κ3) is 5.33. The summed E-state index contributed by atoms with van der Waals surface area (Å²) in [7, 11) is 0. The van der Waals surface area contributed by atoms with Crippen molar-refractivity contribution in [3.05, 3.63) is 70.8 Å². The van der Waals surface area contributed by atoms with Crippen molar-refractivity contribution in [2.24, 2.45) is 0 Å². The van der Waals surface area contributed by atoms with Crippen LogP contribution >= 0.6 is 11.9 Å². The lowest BCUT2D eigenvalue weighted by Crippen LogP contribution is -2.39. The van der Waals surface area contributed by atoms with E-state index in [0.29, 0.717) is 11.7 Å². The number of amides is 2. The lowest BCUT2D eigenvalue weighted by atomic mass is 9.98. The Bertz CT molecular complexity index is 867. The smallest absolute Gasteiger partial charge is 0.245 e. The molecule has 0 saturated carbocycles. The van der Waals surface area contributed by atoms with Gasteiger partial charge in [-0.2, -0.15) is 0 Å². The van der Waals surface area contributed by atoms with Crippen LogP contribution in [0.15, 0.2) is 42.5 Å². The minimum absolute atomic E-state index is 0.0510. The number of carbonyl (C=O) groups is 2. The van der Waals surface area contributed by atoms with E-state index >= 15 is 0 Å². The number of carbonyl (C=O) groups excluding carboxylic acids is 2. The summed E-state index contributed by atoms with van der Waals surface area (Å²) in [5, 5.41) is 0.297. The van der Waals surface area contributed by atoms with Gasteiger partial charge in [0.1, 0.15) is 11.6 Å². The summed E-state index contributed by atoms with van der Waals surface area (Å²) < 4.78 is 31.3. The lowest BCUT2D eigenvalue weighted by Gasteiger charge is -2.32. The predicted octanol–water partition coefficient (Wildman–Crippen LogP) is 3.83. The van der Waals surface area contributed by atoms with Crippen LogP contribution in [0.5, 0.6) is 0 Å². The van der Waals surface area contributed by atoms with E-state index in [4.69, 9.17) is 0 Å². The molecule has 1 aliphatic rings. The minimum Gasteiger partial charge on any atom is -0.277 e. The van der Waals surface area contributed by atoms with Gasteiger partial charge in [0, 0.05) is 29.5 Å². The first-order valence-corrected chi connectivity index (χ1v) is 10.3. The summed E-state index contributed by atoms with van der Waals surface area (Å²) in [6.07, 6.45) is 2.32. The second-order valence-corrected chi connectivity index (χ2v) is 8.24. The first-order valence-electron chi connectivity index (χ1n) is 9.43. The van der Waals surface area contributed by atoms with E-state index in [1.165, 1.54) is 12.5 Å². The van der Waals surface area contributed by atoms with Crippen molar-refractivity contribution in [2.45, 2.75) is 37.5 Å². The molecule has 0 spiro atoms. The Balaban J connectivity index is 1.70. The van der Waals surface area contributed by atoms with E-state index in [9.17, 15) is 18.4 Å². The number of nitrogens with zero attached hydrogens (tertiary/aromatic N) is 1. The van der Waals surface area contributed by atoms with Gasteiger partial charge in [-0.05, 0) is 37.5 Å². The number of hydrogen-bond acceptors (Lipinski definition) is 4. The van der Waals surface area contributed by atoms with Crippen molar-refractivity contribution in [3.63, 3.8) is 0 Å². The van der Waals surface area contributed by atoms with Crippen molar-refractivity contribution < 1.29 is 18.4 Å². The van der Waals surface area contributed by atoms with E-state index < -0.39 is 23.5 Å². The molecule has 0 aromatic heterocycles. The second kappa shape index (κ2) is 9.84. The van der Waals surface area contributed by atoms with Crippen molar-refractivity contribution in [1.82, 2.24) is 15.2 Å². The Morgan fingerprint density at radius 2 is 2.03 bits per heavy atom. The summed E-state index contributed by atoms with van der Waals surface area (Å²) in [5.74, 6) is -2.76. The summed E-state index contributed by atoms with van der Waals surface area (Å²) in [6.45, 7) is 2.53. The molecule has 2 amide bonds. The van der Waals surface area contributed by atoms with Crippen LogP contribution < -0.4 is 10.9 Å². The molecular weight excluding hydrogens is 396 g/mol. The Kier molecular flexibility index (Phi) is 7.22. The molecule has 29 heavy (non-hydrogen) atoms. The van der Waals surface area contributed by atoms with Crippen LogP contribution in [0, 0.1) is 11.6 Å². The van der Waals surface area contributed by atoms with Gasteiger partial charge in [-0.3, -0.25) is 20.4 Å². The molecule has 154 valence electrons. The molecule has 2 atom stereocenters. The molecule has 1 aliphatic heterocycles. The second-order valence-electron chi connectivity index (χ2n) is 6.95. The minimum atomic E-state index is -0.946. The van der Waals surface area contributed by atoms with Gasteiger partial charge in [0.05, 0.1) is 5.92 Å². The van der Waals surface area contributed by atoms with Crippen LogP contribution in [0.1, 0.15) is 47.6 Å². The highest BCUT2D eigenvalue weighted by atomic mass is 32.2. The molecule has 1 fully saturated rings. The summed E-state index contributed by atoms with van der Waals surface area (Å²) in [6, 6.07) is 12.4. The maximum atomic E-state index is 14.7. The normalized spacial score (nSPS) is 18.1.